The fourth-order valence-electron chi connectivity index (χ4n) is 2.92. The van der Waals surface area contributed by atoms with Crippen LogP contribution in [-0.4, -0.2) is 52.3 Å². The number of nitrogens with one attached hydrogen (secondary N) is 2. The Balaban J connectivity index is 2.11. The maximum Gasteiger partial charge on any atom is 0.191 e. The molecule has 0 amide bonds. The predicted octanol–water partition coefficient (Wildman–Crippen LogP) is 3.43. The third-order valence-corrected chi connectivity index (χ3v) is 5.40. The molecule has 0 aliphatic carbocycles. The molecule has 1 atom stereocenters. The molecule has 28 heavy (non-hydrogen) atoms. The monoisotopic (exact) mass is 404 g/mol. The first-order valence-electron chi connectivity index (χ1n) is 9.44. The van der Waals surface area contributed by atoms with Crippen LogP contribution in [0.3, 0.4) is 0 Å². The SMILES string of the molecule is CCNC(=NCc1ccc(C)s1)NCC(c1ccc(OC)c(OC)c1)N(C)C. The smallest absolute Gasteiger partial charge is 0.191 e. The highest BCUT2D eigenvalue weighted by atomic mass is 32.1. The van der Waals surface area contributed by atoms with E-state index < -0.39 is 0 Å². The van der Waals surface area contributed by atoms with Crippen LogP contribution in [0.4, 0.5) is 0 Å². The van der Waals surface area contributed by atoms with Gasteiger partial charge < -0.3 is 25.0 Å². The van der Waals surface area contributed by atoms with Gasteiger partial charge in [-0.05, 0) is 57.8 Å². The molecule has 1 aromatic heterocycles. The summed E-state index contributed by atoms with van der Waals surface area (Å²) >= 11 is 1.78. The largest absolute Gasteiger partial charge is 0.493 e. The second-order valence-corrected chi connectivity index (χ2v) is 8.05. The molecule has 0 aliphatic heterocycles. The van der Waals surface area contributed by atoms with Gasteiger partial charge >= 0.3 is 0 Å². The first-order chi connectivity index (χ1) is 13.5. The quantitative estimate of drug-likeness (QED) is 0.495. The number of aliphatic imine (C=N–C) groups is 1. The maximum absolute atomic E-state index is 5.46. The number of likely N-dealkylation sites (N-methyl/N-ethyl adjacent to an activating group) is 1. The summed E-state index contributed by atoms with van der Waals surface area (Å²) in [6.45, 7) is 6.41. The summed E-state index contributed by atoms with van der Waals surface area (Å²) in [7, 11) is 7.45. The molecule has 2 aromatic rings. The summed E-state index contributed by atoms with van der Waals surface area (Å²) in [5.74, 6) is 2.29. The van der Waals surface area contributed by atoms with Crippen molar-refractivity contribution < 1.29 is 9.47 Å². The van der Waals surface area contributed by atoms with E-state index in [2.05, 4.69) is 61.7 Å². The second-order valence-electron chi connectivity index (χ2n) is 6.68. The lowest BCUT2D eigenvalue weighted by molar-refractivity contribution is 0.295. The Kier molecular flexibility index (Phi) is 8.60. The van der Waals surface area contributed by atoms with Gasteiger partial charge in [-0.2, -0.15) is 0 Å². The van der Waals surface area contributed by atoms with E-state index in [1.807, 2.05) is 12.1 Å². The van der Waals surface area contributed by atoms with Gasteiger partial charge in [-0.15, -0.1) is 11.3 Å². The van der Waals surface area contributed by atoms with E-state index in [1.165, 1.54) is 9.75 Å². The van der Waals surface area contributed by atoms with E-state index in [-0.39, 0.29) is 6.04 Å². The molecule has 0 saturated heterocycles. The van der Waals surface area contributed by atoms with Gasteiger partial charge in [0.05, 0.1) is 26.8 Å². The Bertz CT molecular complexity index is 774. The molecule has 0 radical (unpaired) electrons. The molecular formula is C21H32N4O2S. The van der Waals surface area contributed by atoms with E-state index in [0.717, 1.165) is 36.1 Å². The van der Waals surface area contributed by atoms with Crippen molar-refractivity contribution in [1.82, 2.24) is 15.5 Å². The van der Waals surface area contributed by atoms with Crippen LogP contribution in [0, 0.1) is 6.92 Å². The van der Waals surface area contributed by atoms with Gasteiger partial charge in [-0.3, -0.25) is 0 Å². The van der Waals surface area contributed by atoms with Crippen LogP contribution in [-0.2, 0) is 6.54 Å². The summed E-state index contributed by atoms with van der Waals surface area (Å²) in [4.78, 5) is 9.48. The lowest BCUT2D eigenvalue weighted by atomic mass is 10.1. The molecular weight excluding hydrogens is 372 g/mol. The Morgan fingerprint density at radius 1 is 1.11 bits per heavy atom. The standard InChI is InChI=1S/C21H32N4O2S/c1-7-22-21(23-13-17-10-8-15(2)28-17)24-14-18(25(3)4)16-9-11-19(26-5)20(12-16)27-6/h8-12,18H,7,13-14H2,1-6H3,(H2,22,23,24). The van der Waals surface area contributed by atoms with Crippen molar-refractivity contribution in [3.8, 4) is 11.5 Å². The average Bonchev–Trinajstić information content (AvgIpc) is 3.10. The van der Waals surface area contributed by atoms with Gasteiger partial charge in [-0.1, -0.05) is 6.07 Å². The van der Waals surface area contributed by atoms with Gasteiger partial charge in [0.25, 0.3) is 0 Å². The molecule has 6 nitrogen and oxygen atoms in total. The Morgan fingerprint density at radius 3 is 2.43 bits per heavy atom. The Hall–Kier alpha value is -2.25. The summed E-state index contributed by atoms with van der Waals surface area (Å²) in [5, 5.41) is 6.80. The zero-order chi connectivity index (χ0) is 20.5. The Labute approximate surface area is 172 Å². The molecule has 1 aromatic carbocycles. The highest BCUT2D eigenvalue weighted by Gasteiger charge is 2.17. The lowest BCUT2D eigenvalue weighted by Crippen LogP contribution is -2.41. The summed E-state index contributed by atoms with van der Waals surface area (Å²) in [6.07, 6.45) is 0. The number of ether oxygens (including phenoxy) is 2. The van der Waals surface area contributed by atoms with E-state index in [1.54, 1.807) is 25.6 Å². The number of thiophene rings is 1. The van der Waals surface area contributed by atoms with Crippen LogP contribution in [0.5, 0.6) is 11.5 Å². The lowest BCUT2D eigenvalue weighted by Gasteiger charge is -2.26. The molecule has 7 heteroatoms. The number of rotatable bonds is 9. The maximum atomic E-state index is 5.46. The number of methoxy groups -OCH3 is 2. The van der Waals surface area contributed by atoms with E-state index in [9.17, 15) is 0 Å². The second kappa shape index (κ2) is 10.9. The fraction of sp³-hybridized carbons (Fsp3) is 0.476. The minimum atomic E-state index is 0.160. The zero-order valence-electron chi connectivity index (χ0n) is 17.7. The molecule has 2 rings (SSSR count). The normalized spacial score (nSPS) is 12.8. The number of hydrogen-bond donors (Lipinski definition) is 2. The molecule has 0 bridgehead atoms. The van der Waals surface area contributed by atoms with Gasteiger partial charge in [-0.25, -0.2) is 4.99 Å². The third kappa shape index (κ3) is 6.14. The van der Waals surface area contributed by atoms with Crippen molar-refractivity contribution in [2.45, 2.75) is 26.4 Å². The highest BCUT2D eigenvalue weighted by Crippen LogP contribution is 2.31. The van der Waals surface area contributed by atoms with Crippen LogP contribution in [0.25, 0.3) is 0 Å². The minimum absolute atomic E-state index is 0.160. The summed E-state index contributed by atoms with van der Waals surface area (Å²) in [6, 6.07) is 10.5. The van der Waals surface area contributed by atoms with Crippen molar-refractivity contribution >= 4 is 17.3 Å². The van der Waals surface area contributed by atoms with Gasteiger partial charge in [0, 0.05) is 22.8 Å². The summed E-state index contributed by atoms with van der Waals surface area (Å²) in [5.41, 5.74) is 1.15. The summed E-state index contributed by atoms with van der Waals surface area (Å²) < 4.78 is 10.8. The molecule has 0 spiro atoms. The first kappa shape index (κ1) is 22.0. The number of nitrogens with zero attached hydrogens (tertiary/aromatic N) is 2. The first-order valence-corrected chi connectivity index (χ1v) is 10.3. The van der Waals surface area contributed by atoms with E-state index in [4.69, 9.17) is 14.5 Å². The van der Waals surface area contributed by atoms with Gasteiger partial charge in [0.2, 0.25) is 0 Å². The number of hydrogen-bond acceptors (Lipinski definition) is 5. The molecule has 2 N–H and O–H groups in total. The van der Waals surface area contributed by atoms with Crippen molar-refractivity contribution in [2.75, 3.05) is 41.4 Å². The predicted molar refractivity (Wildman–Crippen MR) is 118 cm³/mol. The average molecular weight is 405 g/mol. The fourth-order valence-corrected chi connectivity index (χ4v) is 3.74. The molecule has 1 heterocycles. The molecule has 154 valence electrons. The van der Waals surface area contributed by atoms with Crippen molar-refractivity contribution in [3.63, 3.8) is 0 Å². The Morgan fingerprint density at radius 2 is 1.86 bits per heavy atom. The molecule has 0 aliphatic rings. The van der Waals surface area contributed by atoms with E-state index >= 15 is 0 Å². The number of guanidine groups is 1. The van der Waals surface area contributed by atoms with Gasteiger partial charge in [0.15, 0.2) is 17.5 Å². The third-order valence-electron chi connectivity index (χ3n) is 4.41. The van der Waals surface area contributed by atoms with Crippen molar-refractivity contribution in [1.29, 1.82) is 0 Å². The van der Waals surface area contributed by atoms with Crippen LogP contribution in [0.1, 0.15) is 28.3 Å². The number of aryl methyl sites for hydroxylation is 1. The van der Waals surface area contributed by atoms with Gasteiger partial charge in [0.1, 0.15) is 0 Å². The van der Waals surface area contributed by atoms with Crippen LogP contribution < -0.4 is 20.1 Å². The zero-order valence-corrected chi connectivity index (χ0v) is 18.5. The number of benzene rings is 1. The molecule has 1 unspecified atom stereocenters. The van der Waals surface area contributed by atoms with Crippen LogP contribution >= 0.6 is 11.3 Å². The minimum Gasteiger partial charge on any atom is -0.493 e. The van der Waals surface area contributed by atoms with Crippen molar-refractivity contribution in [2.24, 2.45) is 4.99 Å². The molecule has 0 saturated carbocycles. The van der Waals surface area contributed by atoms with Crippen LogP contribution in [0.15, 0.2) is 35.3 Å². The van der Waals surface area contributed by atoms with Crippen LogP contribution in [0.2, 0.25) is 0 Å². The van der Waals surface area contributed by atoms with Crippen molar-refractivity contribution in [3.05, 3.63) is 45.6 Å². The molecule has 0 fully saturated rings. The highest BCUT2D eigenvalue weighted by molar-refractivity contribution is 7.11. The topological polar surface area (TPSA) is 58.1 Å². The van der Waals surface area contributed by atoms with E-state index in [0.29, 0.717) is 6.54 Å².